The first-order chi connectivity index (χ1) is 7.73. The van der Waals surface area contributed by atoms with Gasteiger partial charge in [0, 0.05) is 11.8 Å². The molecule has 2 aliphatic rings. The molecule has 1 atom stereocenters. The zero-order chi connectivity index (χ0) is 11.6. The normalized spacial score (nSPS) is 23.9. The van der Waals surface area contributed by atoms with Gasteiger partial charge >= 0.3 is 5.97 Å². The number of rotatable bonds is 7. The first kappa shape index (κ1) is 12.2. The van der Waals surface area contributed by atoms with E-state index in [-0.39, 0.29) is 5.97 Å². The molecule has 0 aromatic rings. The highest BCUT2D eigenvalue weighted by molar-refractivity contribution is 7.98. The van der Waals surface area contributed by atoms with Crippen molar-refractivity contribution >= 4 is 17.7 Å². The van der Waals surface area contributed by atoms with Gasteiger partial charge in [-0.2, -0.15) is 11.8 Å². The number of carbonyl (C=O) groups is 1. The summed E-state index contributed by atoms with van der Waals surface area (Å²) >= 11 is 1.74. The molecule has 0 aliphatic heterocycles. The maximum atomic E-state index is 12.2. The van der Waals surface area contributed by atoms with E-state index >= 15 is 0 Å². The van der Waals surface area contributed by atoms with Crippen LogP contribution in [0.2, 0.25) is 0 Å². The predicted octanol–water partition coefficient (Wildman–Crippen LogP) is 1.81. The Hall–Kier alpha value is -0.220. The molecule has 0 aromatic carbocycles. The van der Waals surface area contributed by atoms with Crippen LogP contribution in [0.5, 0.6) is 0 Å². The van der Waals surface area contributed by atoms with Crippen LogP contribution >= 0.6 is 11.8 Å². The van der Waals surface area contributed by atoms with E-state index in [0.717, 1.165) is 5.75 Å². The van der Waals surface area contributed by atoms with Crippen molar-refractivity contribution in [2.24, 2.45) is 5.92 Å². The average molecular weight is 243 g/mol. The standard InChI is InChI=1S/C12H21NO2S/c1-3-15-11(14)12(8-16-2,9-4-5-9)13-10-6-7-10/h9-10,13H,3-8H2,1-2H3. The molecule has 92 valence electrons. The van der Waals surface area contributed by atoms with Crippen LogP contribution < -0.4 is 5.32 Å². The Balaban J connectivity index is 2.08. The molecule has 0 amide bonds. The molecular formula is C12H21NO2S. The van der Waals surface area contributed by atoms with Crippen molar-refractivity contribution in [1.82, 2.24) is 5.32 Å². The highest BCUT2D eigenvalue weighted by atomic mass is 32.2. The molecule has 4 heteroatoms. The number of hydrogen-bond donors (Lipinski definition) is 1. The van der Waals surface area contributed by atoms with Crippen LogP contribution in [-0.4, -0.2) is 36.2 Å². The fourth-order valence-corrected chi connectivity index (χ4v) is 3.11. The smallest absolute Gasteiger partial charge is 0.327 e. The van der Waals surface area contributed by atoms with Crippen molar-refractivity contribution in [3.63, 3.8) is 0 Å². The van der Waals surface area contributed by atoms with Crippen molar-refractivity contribution in [3.05, 3.63) is 0 Å². The highest BCUT2D eigenvalue weighted by Crippen LogP contribution is 2.43. The van der Waals surface area contributed by atoms with Gasteiger partial charge in [-0.05, 0) is 44.8 Å². The monoisotopic (exact) mass is 243 g/mol. The number of esters is 1. The Labute approximate surface area is 102 Å². The molecule has 1 unspecified atom stereocenters. The lowest BCUT2D eigenvalue weighted by atomic mass is 9.95. The van der Waals surface area contributed by atoms with E-state index in [4.69, 9.17) is 4.74 Å². The van der Waals surface area contributed by atoms with Crippen LogP contribution in [0.25, 0.3) is 0 Å². The minimum Gasteiger partial charge on any atom is -0.465 e. The molecule has 2 saturated carbocycles. The molecule has 0 radical (unpaired) electrons. The number of hydrogen-bond acceptors (Lipinski definition) is 4. The van der Waals surface area contributed by atoms with Crippen LogP contribution in [-0.2, 0) is 9.53 Å². The summed E-state index contributed by atoms with van der Waals surface area (Å²) in [6.07, 6.45) is 6.81. The number of thioether (sulfide) groups is 1. The van der Waals surface area contributed by atoms with Gasteiger partial charge in [-0.1, -0.05) is 0 Å². The molecule has 0 bridgehead atoms. The SMILES string of the molecule is CCOC(=O)C(CSC)(NC1CC1)C1CC1. The third kappa shape index (κ3) is 2.54. The summed E-state index contributed by atoms with van der Waals surface area (Å²) in [6, 6.07) is 0.553. The minimum absolute atomic E-state index is 0.0289. The second-order valence-corrected chi connectivity index (χ2v) is 5.68. The topological polar surface area (TPSA) is 38.3 Å². The van der Waals surface area contributed by atoms with Gasteiger partial charge in [0.25, 0.3) is 0 Å². The number of nitrogens with one attached hydrogen (secondary N) is 1. The minimum atomic E-state index is -0.392. The first-order valence-electron chi connectivity index (χ1n) is 6.16. The van der Waals surface area contributed by atoms with E-state index in [0.29, 0.717) is 18.6 Å². The van der Waals surface area contributed by atoms with E-state index in [1.54, 1.807) is 11.8 Å². The van der Waals surface area contributed by atoms with Gasteiger partial charge in [0.15, 0.2) is 0 Å². The quantitative estimate of drug-likeness (QED) is 0.692. The molecule has 2 aliphatic carbocycles. The van der Waals surface area contributed by atoms with Crippen molar-refractivity contribution < 1.29 is 9.53 Å². The van der Waals surface area contributed by atoms with Gasteiger partial charge in [0.05, 0.1) is 6.61 Å². The van der Waals surface area contributed by atoms with Crippen LogP contribution in [0.3, 0.4) is 0 Å². The van der Waals surface area contributed by atoms with Gasteiger partial charge in [-0.3, -0.25) is 10.1 Å². The zero-order valence-corrected chi connectivity index (χ0v) is 10.9. The number of ether oxygens (including phenoxy) is 1. The maximum absolute atomic E-state index is 12.2. The van der Waals surface area contributed by atoms with Crippen LogP contribution in [0.1, 0.15) is 32.6 Å². The summed E-state index contributed by atoms with van der Waals surface area (Å²) in [5, 5.41) is 3.56. The third-order valence-electron chi connectivity index (χ3n) is 3.33. The lowest BCUT2D eigenvalue weighted by Gasteiger charge is -2.32. The molecule has 3 nitrogen and oxygen atoms in total. The molecule has 1 N–H and O–H groups in total. The summed E-state index contributed by atoms with van der Waals surface area (Å²) in [6.45, 7) is 2.36. The summed E-state index contributed by atoms with van der Waals surface area (Å²) < 4.78 is 5.28. The lowest BCUT2D eigenvalue weighted by molar-refractivity contribution is -0.151. The van der Waals surface area contributed by atoms with Crippen LogP contribution in [0, 0.1) is 5.92 Å². The summed E-state index contributed by atoms with van der Waals surface area (Å²) in [5.74, 6) is 1.31. The van der Waals surface area contributed by atoms with Crippen LogP contribution in [0.4, 0.5) is 0 Å². The second-order valence-electron chi connectivity index (χ2n) is 4.82. The van der Waals surface area contributed by atoms with E-state index in [1.165, 1.54) is 25.7 Å². The molecule has 2 rings (SSSR count). The van der Waals surface area contributed by atoms with E-state index < -0.39 is 5.54 Å². The van der Waals surface area contributed by atoms with Crippen LogP contribution in [0.15, 0.2) is 0 Å². The van der Waals surface area contributed by atoms with Crippen molar-refractivity contribution in [3.8, 4) is 0 Å². The lowest BCUT2D eigenvalue weighted by Crippen LogP contribution is -2.57. The fraction of sp³-hybridized carbons (Fsp3) is 0.917. The average Bonchev–Trinajstić information content (AvgIpc) is 3.11. The van der Waals surface area contributed by atoms with Gasteiger partial charge in [0.1, 0.15) is 5.54 Å². The molecule has 0 aromatic heterocycles. The third-order valence-corrected chi connectivity index (χ3v) is 4.07. The first-order valence-corrected chi connectivity index (χ1v) is 7.56. The molecular weight excluding hydrogens is 222 g/mol. The van der Waals surface area contributed by atoms with Gasteiger partial charge < -0.3 is 4.74 Å². The van der Waals surface area contributed by atoms with Crippen molar-refractivity contribution in [2.75, 3.05) is 18.6 Å². The summed E-state index contributed by atoms with van der Waals surface area (Å²) in [5.41, 5.74) is -0.392. The largest absolute Gasteiger partial charge is 0.465 e. The number of carbonyl (C=O) groups excluding carboxylic acids is 1. The van der Waals surface area contributed by atoms with E-state index in [9.17, 15) is 4.79 Å². The Morgan fingerprint density at radius 1 is 1.44 bits per heavy atom. The molecule has 2 fully saturated rings. The van der Waals surface area contributed by atoms with Gasteiger partial charge in [0.2, 0.25) is 0 Å². The van der Waals surface area contributed by atoms with E-state index in [2.05, 4.69) is 11.6 Å². The Morgan fingerprint density at radius 2 is 2.12 bits per heavy atom. The second kappa shape index (κ2) is 4.96. The van der Waals surface area contributed by atoms with E-state index in [1.807, 2.05) is 6.92 Å². The van der Waals surface area contributed by atoms with Gasteiger partial charge in [-0.25, -0.2) is 0 Å². The van der Waals surface area contributed by atoms with Gasteiger partial charge in [-0.15, -0.1) is 0 Å². The Kier molecular flexibility index (Phi) is 3.80. The summed E-state index contributed by atoms with van der Waals surface area (Å²) in [4.78, 5) is 12.2. The van der Waals surface area contributed by atoms with Crippen molar-refractivity contribution in [2.45, 2.75) is 44.2 Å². The molecule has 0 heterocycles. The highest BCUT2D eigenvalue weighted by Gasteiger charge is 2.53. The maximum Gasteiger partial charge on any atom is 0.327 e. The fourth-order valence-electron chi connectivity index (χ4n) is 2.22. The van der Waals surface area contributed by atoms with Crippen molar-refractivity contribution in [1.29, 1.82) is 0 Å². The molecule has 0 saturated heterocycles. The zero-order valence-electron chi connectivity index (χ0n) is 10.1. The Bertz CT molecular complexity index is 264. The predicted molar refractivity (Wildman–Crippen MR) is 66.6 cm³/mol. The molecule has 16 heavy (non-hydrogen) atoms. The Morgan fingerprint density at radius 3 is 2.56 bits per heavy atom. The summed E-state index contributed by atoms with van der Waals surface area (Å²) in [7, 11) is 0. The molecule has 0 spiro atoms.